The number of nitrogen functional groups attached to an aromatic ring is 1. The Morgan fingerprint density at radius 2 is 2.39 bits per heavy atom. The fourth-order valence-electron chi connectivity index (χ4n) is 1.91. The molecule has 2 rings (SSSR count). The van der Waals surface area contributed by atoms with Crippen LogP contribution in [0.4, 0.5) is 0 Å². The molecule has 0 amide bonds. The number of amidine groups is 1. The smallest absolute Gasteiger partial charge is 0.124 e. The van der Waals surface area contributed by atoms with Gasteiger partial charge in [-0.25, -0.2) is 0 Å². The Balaban J connectivity index is 2.08. The van der Waals surface area contributed by atoms with Crippen molar-refractivity contribution in [3.05, 3.63) is 29.3 Å². The maximum atomic E-state index is 7.43. The van der Waals surface area contributed by atoms with Gasteiger partial charge in [0.15, 0.2) is 0 Å². The van der Waals surface area contributed by atoms with E-state index in [2.05, 4.69) is 0 Å². The zero-order valence-corrected chi connectivity index (χ0v) is 10.4. The third kappa shape index (κ3) is 3.00. The highest BCUT2D eigenvalue weighted by molar-refractivity contribution is 5.95. The molecule has 0 saturated carbocycles. The molecule has 1 fully saturated rings. The quantitative estimate of drug-likeness (QED) is 0.609. The normalized spacial score (nSPS) is 18.8. The van der Waals surface area contributed by atoms with E-state index in [1.54, 1.807) is 19.2 Å². The molecule has 1 aromatic rings. The Kier molecular flexibility index (Phi) is 4.17. The lowest BCUT2D eigenvalue weighted by Gasteiger charge is -2.13. The summed E-state index contributed by atoms with van der Waals surface area (Å²) in [7, 11) is 1.62. The molecule has 0 bridgehead atoms. The predicted molar refractivity (Wildman–Crippen MR) is 68.0 cm³/mol. The van der Waals surface area contributed by atoms with Crippen LogP contribution in [0, 0.1) is 5.41 Å². The number of hydrogen-bond donors (Lipinski definition) is 2. The van der Waals surface area contributed by atoms with Crippen LogP contribution in [0.2, 0.25) is 0 Å². The number of rotatable bonds is 5. The zero-order valence-electron chi connectivity index (χ0n) is 10.4. The van der Waals surface area contributed by atoms with Gasteiger partial charge in [0.25, 0.3) is 0 Å². The summed E-state index contributed by atoms with van der Waals surface area (Å²) in [5, 5.41) is 7.43. The molecule has 98 valence electrons. The first-order valence-corrected chi connectivity index (χ1v) is 5.91. The molecule has 0 radical (unpaired) electrons. The molecule has 3 N–H and O–H groups in total. The van der Waals surface area contributed by atoms with Crippen LogP contribution in [0.3, 0.4) is 0 Å². The molecular formula is C13H18N2O3. The van der Waals surface area contributed by atoms with E-state index >= 15 is 0 Å². The molecule has 1 aromatic carbocycles. The first-order valence-electron chi connectivity index (χ1n) is 5.91. The van der Waals surface area contributed by atoms with Crippen molar-refractivity contribution in [3.63, 3.8) is 0 Å². The number of nitrogens with one attached hydrogen (secondary N) is 1. The first kappa shape index (κ1) is 12.9. The van der Waals surface area contributed by atoms with Crippen LogP contribution >= 0.6 is 0 Å². The van der Waals surface area contributed by atoms with Crippen LogP contribution < -0.4 is 10.5 Å². The van der Waals surface area contributed by atoms with Crippen molar-refractivity contribution in [1.82, 2.24) is 0 Å². The summed E-state index contributed by atoms with van der Waals surface area (Å²) in [6.45, 7) is 1.85. The molecule has 5 heteroatoms. The van der Waals surface area contributed by atoms with Crippen molar-refractivity contribution in [2.45, 2.75) is 19.1 Å². The van der Waals surface area contributed by atoms with Gasteiger partial charge in [-0.1, -0.05) is 0 Å². The highest BCUT2D eigenvalue weighted by Crippen LogP contribution is 2.22. The molecule has 1 saturated heterocycles. The van der Waals surface area contributed by atoms with Crippen LogP contribution in [0.5, 0.6) is 5.75 Å². The lowest BCUT2D eigenvalue weighted by Crippen LogP contribution is -2.14. The molecule has 18 heavy (non-hydrogen) atoms. The second kappa shape index (κ2) is 5.84. The molecule has 1 atom stereocenters. The van der Waals surface area contributed by atoms with Gasteiger partial charge in [0.2, 0.25) is 0 Å². The van der Waals surface area contributed by atoms with Gasteiger partial charge in [-0.3, -0.25) is 5.41 Å². The maximum absolute atomic E-state index is 7.43. The van der Waals surface area contributed by atoms with E-state index in [0.717, 1.165) is 24.3 Å². The second-order valence-electron chi connectivity index (χ2n) is 4.24. The van der Waals surface area contributed by atoms with Gasteiger partial charge in [0, 0.05) is 17.7 Å². The van der Waals surface area contributed by atoms with E-state index < -0.39 is 0 Å². The molecule has 1 unspecified atom stereocenters. The second-order valence-corrected chi connectivity index (χ2v) is 4.24. The van der Waals surface area contributed by atoms with Crippen molar-refractivity contribution in [2.75, 3.05) is 20.3 Å². The summed E-state index contributed by atoms with van der Waals surface area (Å²) in [6.07, 6.45) is 1.07. The minimum Gasteiger partial charge on any atom is -0.496 e. The maximum Gasteiger partial charge on any atom is 0.124 e. The third-order valence-corrected chi connectivity index (χ3v) is 2.95. The minimum absolute atomic E-state index is 0.0445. The summed E-state index contributed by atoms with van der Waals surface area (Å²) in [4.78, 5) is 0. The molecule has 0 spiro atoms. The fourth-order valence-corrected chi connectivity index (χ4v) is 1.91. The Morgan fingerprint density at radius 3 is 3.00 bits per heavy atom. The van der Waals surface area contributed by atoms with Crippen molar-refractivity contribution in [3.8, 4) is 5.75 Å². The fraction of sp³-hybridized carbons (Fsp3) is 0.462. The van der Waals surface area contributed by atoms with E-state index in [-0.39, 0.29) is 11.9 Å². The average molecular weight is 250 g/mol. The molecule has 1 heterocycles. The average Bonchev–Trinajstić information content (AvgIpc) is 2.89. The van der Waals surface area contributed by atoms with Crippen molar-refractivity contribution < 1.29 is 14.2 Å². The van der Waals surface area contributed by atoms with Gasteiger partial charge in [0.05, 0.1) is 26.4 Å². The van der Waals surface area contributed by atoms with Crippen LogP contribution in [-0.4, -0.2) is 32.3 Å². The molecule has 5 nitrogen and oxygen atoms in total. The Hall–Kier alpha value is -1.59. The Morgan fingerprint density at radius 1 is 1.56 bits per heavy atom. The van der Waals surface area contributed by atoms with E-state index in [1.165, 1.54) is 0 Å². The number of benzene rings is 1. The van der Waals surface area contributed by atoms with Gasteiger partial charge < -0.3 is 19.9 Å². The Bertz CT molecular complexity index is 428. The van der Waals surface area contributed by atoms with Gasteiger partial charge in [0.1, 0.15) is 11.6 Å². The zero-order chi connectivity index (χ0) is 13.0. The molecule has 0 aliphatic carbocycles. The minimum atomic E-state index is 0.0445. The van der Waals surface area contributed by atoms with Crippen LogP contribution in [0.25, 0.3) is 0 Å². The summed E-state index contributed by atoms with van der Waals surface area (Å²) >= 11 is 0. The van der Waals surface area contributed by atoms with E-state index in [9.17, 15) is 0 Å². The van der Waals surface area contributed by atoms with Gasteiger partial charge >= 0.3 is 0 Å². The molecule has 1 aliphatic rings. The topological polar surface area (TPSA) is 77.6 Å². The first-order chi connectivity index (χ1) is 8.70. The SMILES string of the molecule is COc1ccc(C(=N)N)cc1COC1CCOC1. The standard InChI is InChI=1S/C13H18N2O3/c1-16-12-3-2-9(13(14)15)6-10(12)7-18-11-4-5-17-8-11/h2-3,6,11H,4-5,7-8H2,1H3,(H3,14,15). The van der Waals surface area contributed by atoms with E-state index in [4.69, 9.17) is 25.4 Å². The summed E-state index contributed by atoms with van der Waals surface area (Å²) < 4.78 is 16.3. The lowest BCUT2D eigenvalue weighted by atomic mass is 10.1. The predicted octanol–water partition coefficient (Wildman–Crippen LogP) is 1.28. The molecule has 1 aliphatic heterocycles. The van der Waals surface area contributed by atoms with Crippen molar-refractivity contribution >= 4 is 5.84 Å². The van der Waals surface area contributed by atoms with E-state index in [0.29, 0.717) is 18.8 Å². The van der Waals surface area contributed by atoms with Gasteiger partial charge in [-0.2, -0.15) is 0 Å². The van der Waals surface area contributed by atoms with Crippen LogP contribution in [0.15, 0.2) is 18.2 Å². The highest BCUT2D eigenvalue weighted by Gasteiger charge is 2.17. The van der Waals surface area contributed by atoms with E-state index in [1.807, 2.05) is 6.07 Å². The highest BCUT2D eigenvalue weighted by atomic mass is 16.5. The van der Waals surface area contributed by atoms with Crippen LogP contribution in [0.1, 0.15) is 17.5 Å². The summed E-state index contributed by atoms with van der Waals surface area (Å²) in [5.74, 6) is 0.794. The van der Waals surface area contributed by atoms with Crippen molar-refractivity contribution in [2.24, 2.45) is 5.73 Å². The number of methoxy groups -OCH3 is 1. The monoisotopic (exact) mass is 250 g/mol. The number of nitrogens with two attached hydrogens (primary N) is 1. The Labute approximate surface area is 106 Å². The van der Waals surface area contributed by atoms with Crippen molar-refractivity contribution in [1.29, 1.82) is 5.41 Å². The largest absolute Gasteiger partial charge is 0.496 e. The molecular weight excluding hydrogens is 232 g/mol. The third-order valence-electron chi connectivity index (χ3n) is 2.95. The van der Waals surface area contributed by atoms with Gasteiger partial charge in [-0.05, 0) is 24.6 Å². The molecule has 0 aromatic heterocycles. The van der Waals surface area contributed by atoms with Gasteiger partial charge in [-0.15, -0.1) is 0 Å². The number of ether oxygens (including phenoxy) is 3. The summed E-state index contributed by atoms with van der Waals surface area (Å²) in [6, 6.07) is 5.40. The van der Waals surface area contributed by atoms with Crippen LogP contribution in [-0.2, 0) is 16.1 Å². The number of hydrogen-bond acceptors (Lipinski definition) is 4. The summed E-state index contributed by atoms with van der Waals surface area (Å²) in [5.41, 5.74) is 7.05. The lowest BCUT2D eigenvalue weighted by molar-refractivity contribution is 0.0309.